The minimum Gasteiger partial charge on any atom is -0.481 e. The highest BCUT2D eigenvalue weighted by Crippen LogP contribution is 2.10. The van der Waals surface area contributed by atoms with Crippen molar-refractivity contribution in [3.8, 4) is 0 Å². The van der Waals surface area contributed by atoms with E-state index in [0.717, 1.165) is 12.8 Å². The first kappa shape index (κ1) is 20.9. The summed E-state index contributed by atoms with van der Waals surface area (Å²) in [5.41, 5.74) is 0. The summed E-state index contributed by atoms with van der Waals surface area (Å²) in [6.07, 6.45) is 25.2. The fraction of sp³-hybridized carbons (Fsp3) is 0.750. The predicted octanol–water partition coefficient (Wildman–Crippen LogP) is 6.66. The van der Waals surface area contributed by atoms with Crippen LogP contribution in [-0.2, 0) is 4.79 Å². The van der Waals surface area contributed by atoms with Crippen LogP contribution in [0.2, 0.25) is 0 Å². The van der Waals surface area contributed by atoms with Gasteiger partial charge in [-0.05, 0) is 38.5 Å². The lowest BCUT2D eigenvalue weighted by Crippen LogP contribution is -1.93. The average molecular weight is 309 g/mol. The van der Waals surface area contributed by atoms with Crippen molar-refractivity contribution in [3.05, 3.63) is 24.3 Å². The Morgan fingerprint density at radius 2 is 1.14 bits per heavy atom. The molecule has 0 aliphatic heterocycles. The van der Waals surface area contributed by atoms with Crippen LogP contribution in [0, 0.1) is 0 Å². The highest BCUT2D eigenvalue weighted by molar-refractivity contribution is 5.66. The predicted molar refractivity (Wildman–Crippen MR) is 96.2 cm³/mol. The molecule has 0 unspecified atom stereocenters. The number of hydrogen-bond acceptors (Lipinski definition) is 1. The Balaban J connectivity index is 3.14. The molecular formula is C20H36O2. The van der Waals surface area contributed by atoms with E-state index in [2.05, 4.69) is 31.2 Å². The van der Waals surface area contributed by atoms with E-state index < -0.39 is 5.97 Å². The van der Waals surface area contributed by atoms with Gasteiger partial charge >= 0.3 is 5.97 Å². The Morgan fingerprint density at radius 1 is 0.682 bits per heavy atom. The van der Waals surface area contributed by atoms with Gasteiger partial charge in [0.05, 0.1) is 0 Å². The van der Waals surface area contributed by atoms with Gasteiger partial charge in [0.15, 0.2) is 0 Å². The fourth-order valence-electron chi connectivity index (χ4n) is 2.41. The van der Waals surface area contributed by atoms with E-state index in [4.69, 9.17) is 5.11 Å². The maximum atomic E-state index is 10.3. The summed E-state index contributed by atoms with van der Waals surface area (Å²) in [7, 11) is 0. The SMILES string of the molecule is CCCC/C=C\CC/C=C\CCCCCCCCCC(=O)O. The van der Waals surface area contributed by atoms with Gasteiger partial charge < -0.3 is 5.11 Å². The smallest absolute Gasteiger partial charge is 0.303 e. The molecule has 2 heteroatoms. The molecule has 128 valence electrons. The lowest BCUT2D eigenvalue weighted by atomic mass is 10.1. The fourth-order valence-corrected chi connectivity index (χ4v) is 2.41. The van der Waals surface area contributed by atoms with E-state index in [1.54, 1.807) is 0 Å². The molecule has 0 fully saturated rings. The number of aliphatic carboxylic acids is 1. The Labute approximate surface area is 137 Å². The third kappa shape index (κ3) is 18.9. The zero-order chi connectivity index (χ0) is 16.3. The largest absolute Gasteiger partial charge is 0.481 e. The third-order valence-electron chi connectivity index (χ3n) is 3.82. The van der Waals surface area contributed by atoms with Crippen LogP contribution >= 0.6 is 0 Å². The van der Waals surface area contributed by atoms with E-state index in [9.17, 15) is 4.79 Å². The highest BCUT2D eigenvalue weighted by Gasteiger charge is 1.96. The molecule has 22 heavy (non-hydrogen) atoms. The Morgan fingerprint density at radius 3 is 1.68 bits per heavy atom. The zero-order valence-corrected chi connectivity index (χ0v) is 14.6. The summed E-state index contributed by atoms with van der Waals surface area (Å²) < 4.78 is 0. The standard InChI is InChI=1S/C20H36O2/c1-2-3-4-5-6-7-8-9-10-11-12-13-14-15-16-17-18-19-20(21)22/h5-6,9-10H,2-4,7-8,11-19H2,1H3,(H,21,22)/b6-5-,10-9-. The number of unbranched alkanes of at least 4 members (excludes halogenated alkanes) is 10. The van der Waals surface area contributed by atoms with E-state index in [-0.39, 0.29) is 0 Å². The minimum atomic E-state index is -0.664. The average Bonchev–Trinajstić information content (AvgIpc) is 2.50. The van der Waals surface area contributed by atoms with Gasteiger partial charge in [-0.15, -0.1) is 0 Å². The molecular weight excluding hydrogens is 272 g/mol. The summed E-state index contributed by atoms with van der Waals surface area (Å²) in [6, 6.07) is 0. The van der Waals surface area contributed by atoms with Gasteiger partial charge in [0.2, 0.25) is 0 Å². The van der Waals surface area contributed by atoms with Gasteiger partial charge in [0.1, 0.15) is 0 Å². The van der Waals surface area contributed by atoms with Crippen LogP contribution in [0.25, 0.3) is 0 Å². The first-order chi connectivity index (χ1) is 10.8. The van der Waals surface area contributed by atoms with Gasteiger partial charge in [0, 0.05) is 6.42 Å². The summed E-state index contributed by atoms with van der Waals surface area (Å²) in [5.74, 6) is -0.664. The molecule has 2 nitrogen and oxygen atoms in total. The molecule has 0 aliphatic carbocycles. The van der Waals surface area contributed by atoms with Crippen LogP contribution in [0.1, 0.15) is 96.8 Å². The summed E-state index contributed by atoms with van der Waals surface area (Å²) in [5, 5.41) is 8.53. The molecule has 0 aliphatic rings. The van der Waals surface area contributed by atoms with Crippen LogP contribution in [0.5, 0.6) is 0 Å². The molecule has 0 rings (SSSR count). The summed E-state index contributed by atoms with van der Waals surface area (Å²) in [4.78, 5) is 10.3. The van der Waals surface area contributed by atoms with Crippen molar-refractivity contribution in [1.29, 1.82) is 0 Å². The van der Waals surface area contributed by atoms with Crippen LogP contribution in [0.15, 0.2) is 24.3 Å². The van der Waals surface area contributed by atoms with E-state index in [1.165, 1.54) is 70.6 Å². The molecule has 0 spiro atoms. The quantitative estimate of drug-likeness (QED) is 0.255. The zero-order valence-electron chi connectivity index (χ0n) is 14.6. The number of carbonyl (C=O) groups is 1. The Hall–Kier alpha value is -1.05. The second-order valence-corrected chi connectivity index (χ2v) is 6.07. The van der Waals surface area contributed by atoms with Crippen LogP contribution in [0.4, 0.5) is 0 Å². The molecule has 0 aromatic heterocycles. The van der Waals surface area contributed by atoms with E-state index >= 15 is 0 Å². The molecule has 0 atom stereocenters. The molecule has 0 aromatic carbocycles. The lowest BCUT2D eigenvalue weighted by Gasteiger charge is -2.00. The Bertz CT molecular complexity index is 292. The topological polar surface area (TPSA) is 37.3 Å². The van der Waals surface area contributed by atoms with Gasteiger partial charge in [-0.3, -0.25) is 4.79 Å². The van der Waals surface area contributed by atoms with Crippen molar-refractivity contribution in [1.82, 2.24) is 0 Å². The first-order valence-electron chi connectivity index (χ1n) is 9.29. The van der Waals surface area contributed by atoms with Gasteiger partial charge in [0.25, 0.3) is 0 Å². The van der Waals surface area contributed by atoms with Crippen molar-refractivity contribution in [2.24, 2.45) is 0 Å². The normalized spacial score (nSPS) is 11.7. The Kier molecular flexibility index (Phi) is 17.1. The van der Waals surface area contributed by atoms with Crippen LogP contribution < -0.4 is 0 Å². The number of allylic oxidation sites excluding steroid dienone is 4. The van der Waals surface area contributed by atoms with Gasteiger partial charge in [-0.2, -0.15) is 0 Å². The van der Waals surface area contributed by atoms with Gasteiger partial charge in [-0.1, -0.05) is 76.2 Å². The van der Waals surface area contributed by atoms with Crippen molar-refractivity contribution < 1.29 is 9.90 Å². The second kappa shape index (κ2) is 18.0. The second-order valence-electron chi connectivity index (χ2n) is 6.07. The molecule has 1 N–H and O–H groups in total. The monoisotopic (exact) mass is 308 g/mol. The lowest BCUT2D eigenvalue weighted by molar-refractivity contribution is -0.137. The number of carboxylic acids is 1. The van der Waals surface area contributed by atoms with Crippen molar-refractivity contribution >= 4 is 5.97 Å². The van der Waals surface area contributed by atoms with Crippen molar-refractivity contribution in [2.45, 2.75) is 96.8 Å². The van der Waals surface area contributed by atoms with Crippen molar-refractivity contribution in [3.63, 3.8) is 0 Å². The molecule has 0 radical (unpaired) electrons. The van der Waals surface area contributed by atoms with Crippen molar-refractivity contribution in [2.75, 3.05) is 0 Å². The van der Waals surface area contributed by atoms with E-state index in [1.807, 2.05) is 0 Å². The molecule has 0 amide bonds. The highest BCUT2D eigenvalue weighted by atomic mass is 16.4. The van der Waals surface area contributed by atoms with Crippen LogP contribution in [0.3, 0.4) is 0 Å². The molecule has 0 heterocycles. The molecule has 0 aromatic rings. The summed E-state index contributed by atoms with van der Waals surface area (Å²) >= 11 is 0. The molecule has 0 saturated heterocycles. The first-order valence-corrected chi connectivity index (χ1v) is 9.29. The maximum absolute atomic E-state index is 10.3. The van der Waals surface area contributed by atoms with Gasteiger partial charge in [-0.25, -0.2) is 0 Å². The molecule has 0 saturated carbocycles. The number of rotatable bonds is 16. The number of hydrogen-bond donors (Lipinski definition) is 1. The van der Waals surface area contributed by atoms with E-state index in [0.29, 0.717) is 6.42 Å². The maximum Gasteiger partial charge on any atom is 0.303 e. The summed E-state index contributed by atoms with van der Waals surface area (Å²) in [6.45, 7) is 2.23. The number of carboxylic acid groups (broad SMARTS) is 1. The van der Waals surface area contributed by atoms with Crippen LogP contribution in [-0.4, -0.2) is 11.1 Å². The molecule has 0 bridgehead atoms. The third-order valence-corrected chi connectivity index (χ3v) is 3.82. The minimum absolute atomic E-state index is 0.332.